The van der Waals surface area contributed by atoms with Crippen molar-refractivity contribution in [3.8, 4) is 0 Å². The third kappa shape index (κ3) is 2.73. The predicted molar refractivity (Wildman–Crippen MR) is 74.5 cm³/mol. The second-order valence-electron chi connectivity index (χ2n) is 4.14. The standard InChI is InChI=1S/C12H15N3.2ClH/c1-2-8-15-11(9-14-12(15)3-1)10-4-6-13-7-5-10;;/h1-3,8-10,13H,4-7H2;2*1H. The second kappa shape index (κ2) is 6.24. The molecular weight excluding hydrogens is 257 g/mol. The lowest BCUT2D eigenvalue weighted by atomic mass is 9.95. The molecule has 3 nitrogen and oxygen atoms in total. The summed E-state index contributed by atoms with van der Waals surface area (Å²) >= 11 is 0. The zero-order chi connectivity index (χ0) is 10.1. The van der Waals surface area contributed by atoms with Gasteiger partial charge in [-0.1, -0.05) is 6.07 Å². The van der Waals surface area contributed by atoms with Crippen LogP contribution in [0.15, 0.2) is 30.6 Å². The van der Waals surface area contributed by atoms with Crippen LogP contribution in [-0.2, 0) is 0 Å². The Bertz CT molecular complexity index is 463. The predicted octanol–water partition coefficient (Wildman–Crippen LogP) is 2.64. The minimum atomic E-state index is 0. The molecule has 1 saturated heterocycles. The van der Waals surface area contributed by atoms with Gasteiger partial charge in [-0.3, -0.25) is 0 Å². The molecule has 3 rings (SSSR count). The summed E-state index contributed by atoms with van der Waals surface area (Å²) < 4.78 is 2.22. The van der Waals surface area contributed by atoms with Gasteiger partial charge in [0.2, 0.25) is 0 Å². The zero-order valence-corrected chi connectivity index (χ0v) is 11.1. The second-order valence-corrected chi connectivity index (χ2v) is 4.14. The summed E-state index contributed by atoms with van der Waals surface area (Å²) in [6, 6.07) is 6.17. The molecule has 0 unspecified atom stereocenters. The first kappa shape index (κ1) is 14.3. The Morgan fingerprint density at radius 3 is 2.71 bits per heavy atom. The fourth-order valence-corrected chi connectivity index (χ4v) is 2.37. The van der Waals surface area contributed by atoms with E-state index in [1.165, 1.54) is 18.5 Å². The number of hydrogen-bond acceptors (Lipinski definition) is 2. The minimum absolute atomic E-state index is 0. The third-order valence-electron chi connectivity index (χ3n) is 3.20. The minimum Gasteiger partial charge on any atom is -0.317 e. The number of rotatable bonds is 1. The molecule has 17 heavy (non-hydrogen) atoms. The maximum absolute atomic E-state index is 4.44. The lowest BCUT2D eigenvalue weighted by Crippen LogP contribution is -2.27. The molecule has 0 saturated carbocycles. The number of nitrogens with one attached hydrogen (secondary N) is 1. The van der Waals surface area contributed by atoms with E-state index in [2.05, 4.69) is 33.0 Å². The Balaban J connectivity index is 0.000000722. The molecule has 1 aliphatic heterocycles. The van der Waals surface area contributed by atoms with Crippen molar-refractivity contribution >= 4 is 30.5 Å². The van der Waals surface area contributed by atoms with E-state index in [0.717, 1.165) is 18.7 Å². The molecule has 94 valence electrons. The number of pyridine rings is 1. The molecule has 1 N–H and O–H groups in total. The van der Waals surface area contributed by atoms with Crippen molar-refractivity contribution < 1.29 is 0 Å². The Kier molecular flexibility index (Phi) is 5.25. The number of hydrogen-bond donors (Lipinski definition) is 1. The van der Waals surface area contributed by atoms with Gasteiger partial charge in [0.1, 0.15) is 5.65 Å². The normalized spacial score (nSPS) is 16.2. The Hall–Kier alpha value is -0.770. The van der Waals surface area contributed by atoms with Gasteiger partial charge in [-0.05, 0) is 38.1 Å². The molecular formula is C12H17Cl2N3. The van der Waals surface area contributed by atoms with Crippen LogP contribution in [0.5, 0.6) is 0 Å². The summed E-state index contributed by atoms with van der Waals surface area (Å²) in [5.41, 5.74) is 2.43. The van der Waals surface area contributed by atoms with Crippen LogP contribution in [0.3, 0.4) is 0 Å². The van der Waals surface area contributed by atoms with Gasteiger partial charge in [0.05, 0.1) is 0 Å². The van der Waals surface area contributed by atoms with Gasteiger partial charge >= 0.3 is 0 Å². The largest absolute Gasteiger partial charge is 0.317 e. The van der Waals surface area contributed by atoms with Crippen molar-refractivity contribution in [2.24, 2.45) is 0 Å². The van der Waals surface area contributed by atoms with Crippen molar-refractivity contribution in [3.63, 3.8) is 0 Å². The van der Waals surface area contributed by atoms with Gasteiger partial charge in [0, 0.05) is 24.0 Å². The van der Waals surface area contributed by atoms with Gasteiger partial charge in [-0.2, -0.15) is 0 Å². The van der Waals surface area contributed by atoms with Crippen LogP contribution in [0, 0.1) is 0 Å². The molecule has 0 spiro atoms. The maximum Gasteiger partial charge on any atom is 0.136 e. The SMILES string of the molecule is Cl.Cl.c1ccn2c(C3CCNCC3)cnc2c1. The van der Waals surface area contributed by atoms with Gasteiger partial charge in [-0.25, -0.2) is 4.98 Å². The van der Waals surface area contributed by atoms with Crippen molar-refractivity contribution in [3.05, 3.63) is 36.3 Å². The fraction of sp³-hybridized carbons (Fsp3) is 0.417. The van der Waals surface area contributed by atoms with Crippen LogP contribution < -0.4 is 5.32 Å². The van der Waals surface area contributed by atoms with Gasteiger partial charge in [0.15, 0.2) is 0 Å². The van der Waals surface area contributed by atoms with Crippen LogP contribution in [0.2, 0.25) is 0 Å². The van der Waals surface area contributed by atoms with Crippen molar-refractivity contribution in [1.82, 2.24) is 14.7 Å². The summed E-state index contributed by atoms with van der Waals surface area (Å²) in [7, 11) is 0. The number of fused-ring (bicyclic) bond motifs is 1. The fourth-order valence-electron chi connectivity index (χ4n) is 2.37. The number of imidazole rings is 1. The average molecular weight is 274 g/mol. The molecule has 0 bridgehead atoms. The number of halogens is 2. The highest BCUT2D eigenvalue weighted by Gasteiger charge is 2.18. The average Bonchev–Trinajstić information content (AvgIpc) is 2.74. The van der Waals surface area contributed by atoms with E-state index in [-0.39, 0.29) is 24.8 Å². The quantitative estimate of drug-likeness (QED) is 0.866. The van der Waals surface area contributed by atoms with Crippen LogP contribution in [-0.4, -0.2) is 22.5 Å². The van der Waals surface area contributed by atoms with Crippen LogP contribution in [0.25, 0.3) is 5.65 Å². The highest BCUT2D eigenvalue weighted by atomic mass is 35.5. The van der Waals surface area contributed by atoms with Crippen LogP contribution >= 0.6 is 24.8 Å². The first-order valence-electron chi connectivity index (χ1n) is 5.58. The van der Waals surface area contributed by atoms with Crippen molar-refractivity contribution in [1.29, 1.82) is 0 Å². The molecule has 0 atom stereocenters. The molecule has 3 heterocycles. The number of piperidine rings is 1. The number of aromatic nitrogens is 2. The van der Waals surface area contributed by atoms with E-state index < -0.39 is 0 Å². The van der Waals surface area contributed by atoms with Crippen LogP contribution in [0.1, 0.15) is 24.5 Å². The third-order valence-corrected chi connectivity index (χ3v) is 3.20. The molecule has 2 aromatic heterocycles. The lowest BCUT2D eigenvalue weighted by Gasteiger charge is -2.22. The number of nitrogens with zero attached hydrogens (tertiary/aromatic N) is 2. The molecule has 0 radical (unpaired) electrons. The summed E-state index contributed by atoms with van der Waals surface area (Å²) in [5, 5.41) is 3.40. The monoisotopic (exact) mass is 273 g/mol. The van der Waals surface area contributed by atoms with E-state index in [9.17, 15) is 0 Å². The highest BCUT2D eigenvalue weighted by molar-refractivity contribution is 5.85. The topological polar surface area (TPSA) is 29.3 Å². The van der Waals surface area contributed by atoms with E-state index >= 15 is 0 Å². The summed E-state index contributed by atoms with van der Waals surface area (Å²) in [6.45, 7) is 2.26. The molecule has 0 aromatic carbocycles. The highest BCUT2D eigenvalue weighted by Crippen LogP contribution is 2.25. The lowest BCUT2D eigenvalue weighted by molar-refractivity contribution is 0.451. The van der Waals surface area contributed by atoms with E-state index in [4.69, 9.17) is 0 Å². The maximum atomic E-state index is 4.44. The Morgan fingerprint density at radius 1 is 1.18 bits per heavy atom. The summed E-state index contributed by atoms with van der Waals surface area (Å²) in [4.78, 5) is 4.44. The van der Waals surface area contributed by atoms with Gasteiger partial charge < -0.3 is 9.72 Å². The van der Waals surface area contributed by atoms with Crippen molar-refractivity contribution in [2.75, 3.05) is 13.1 Å². The summed E-state index contributed by atoms with van der Waals surface area (Å²) in [5.74, 6) is 0.670. The van der Waals surface area contributed by atoms with E-state index in [1.807, 2.05) is 12.3 Å². The first-order valence-corrected chi connectivity index (χ1v) is 5.58. The van der Waals surface area contributed by atoms with E-state index in [1.54, 1.807) is 0 Å². The first-order chi connectivity index (χ1) is 7.45. The smallest absolute Gasteiger partial charge is 0.136 e. The Labute approximate surface area is 113 Å². The zero-order valence-electron chi connectivity index (χ0n) is 9.50. The van der Waals surface area contributed by atoms with Crippen molar-refractivity contribution in [2.45, 2.75) is 18.8 Å². The summed E-state index contributed by atoms with van der Waals surface area (Å²) in [6.07, 6.45) is 6.59. The van der Waals surface area contributed by atoms with E-state index in [0.29, 0.717) is 5.92 Å². The Morgan fingerprint density at radius 2 is 1.94 bits per heavy atom. The molecule has 5 heteroatoms. The van der Waals surface area contributed by atoms with Crippen LogP contribution in [0.4, 0.5) is 0 Å². The van der Waals surface area contributed by atoms with Gasteiger partial charge in [0.25, 0.3) is 0 Å². The molecule has 0 aliphatic carbocycles. The van der Waals surface area contributed by atoms with Gasteiger partial charge in [-0.15, -0.1) is 24.8 Å². The molecule has 1 fully saturated rings. The molecule has 0 amide bonds. The molecule has 2 aromatic rings. The molecule has 1 aliphatic rings.